The van der Waals surface area contributed by atoms with Crippen LogP contribution in [0, 0.1) is 0 Å². The maximum absolute atomic E-state index is 5.95. The van der Waals surface area contributed by atoms with Crippen molar-refractivity contribution in [1.29, 1.82) is 0 Å². The lowest BCUT2D eigenvalue weighted by molar-refractivity contribution is -0.107. The molecule has 0 saturated carbocycles. The SMILES string of the molecule is COCCOCCOC1(CI)CCOCC1. The van der Waals surface area contributed by atoms with E-state index in [1.54, 1.807) is 7.11 Å². The molecule has 0 bridgehead atoms. The Balaban J connectivity index is 2.08. The van der Waals surface area contributed by atoms with Crippen molar-refractivity contribution in [2.45, 2.75) is 18.4 Å². The molecule has 0 aromatic carbocycles. The zero-order valence-corrected chi connectivity index (χ0v) is 12.0. The molecule has 0 aromatic heterocycles. The number of rotatable bonds is 8. The van der Waals surface area contributed by atoms with E-state index in [1.807, 2.05) is 0 Å². The maximum atomic E-state index is 5.95. The summed E-state index contributed by atoms with van der Waals surface area (Å²) in [5, 5.41) is 0. The summed E-state index contributed by atoms with van der Waals surface area (Å²) < 4.78 is 22.6. The van der Waals surface area contributed by atoms with Crippen LogP contribution < -0.4 is 0 Å². The van der Waals surface area contributed by atoms with Gasteiger partial charge in [-0.25, -0.2) is 0 Å². The molecule has 16 heavy (non-hydrogen) atoms. The fraction of sp³-hybridized carbons (Fsp3) is 1.00. The molecule has 1 fully saturated rings. The molecule has 1 heterocycles. The zero-order valence-electron chi connectivity index (χ0n) is 9.87. The van der Waals surface area contributed by atoms with Crippen molar-refractivity contribution in [3.8, 4) is 0 Å². The van der Waals surface area contributed by atoms with Crippen LogP contribution in [-0.2, 0) is 18.9 Å². The molecule has 0 N–H and O–H groups in total. The first-order chi connectivity index (χ1) is 7.83. The fourth-order valence-electron chi connectivity index (χ4n) is 1.62. The first-order valence-electron chi connectivity index (χ1n) is 5.67. The van der Waals surface area contributed by atoms with E-state index in [0.717, 1.165) is 30.5 Å². The van der Waals surface area contributed by atoms with Gasteiger partial charge < -0.3 is 18.9 Å². The summed E-state index contributed by atoms with van der Waals surface area (Å²) in [5.74, 6) is 0. The minimum atomic E-state index is 0.0173. The molecule has 0 aromatic rings. The highest BCUT2D eigenvalue weighted by atomic mass is 127. The largest absolute Gasteiger partial charge is 0.382 e. The van der Waals surface area contributed by atoms with E-state index in [1.165, 1.54) is 0 Å². The summed E-state index contributed by atoms with van der Waals surface area (Å²) in [6.45, 7) is 4.21. The second-order valence-electron chi connectivity index (χ2n) is 3.88. The molecule has 0 amide bonds. The Kier molecular flexibility index (Phi) is 7.89. The molecular formula is C11H21IO4. The number of halogens is 1. The number of ether oxygens (including phenoxy) is 4. The predicted octanol–water partition coefficient (Wildman–Crippen LogP) is 1.65. The van der Waals surface area contributed by atoms with Gasteiger partial charge in [0.25, 0.3) is 0 Å². The molecule has 0 spiro atoms. The molecule has 0 aliphatic carbocycles. The molecule has 1 aliphatic heterocycles. The number of alkyl halides is 1. The molecule has 0 unspecified atom stereocenters. The third-order valence-electron chi connectivity index (χ3n) is 2.72. The van der Waals surface area contributed by atoms with Crippen LogP contribution in [0.4, 0.5) is 0 Å². The molecule has 0 radical (unpaired) electrons. The van der Waals surface area contributed by atoms with Crippen LogP contribution >= 0.6 is 22.6 Å². The van der Waals surface area contributed by atoms with Crippen LogP contribution in [0.15, 0.2) is 0 Å². The van der Waals surface area contributed by atoms with Gasteiger partial charge in [-0.1, -0.05) is 22.6 Å². The molecule has 1 saturated heterocycles. The Bertz CT molecular complexity index is 171. The van der Waals surface area contributed by atoms with Gasteiger partial charge in [0.15, 0.2) is 0 Å². The van der Waals surface area contributed by atoms with Gasteiger partial charge in [-0.3, -0.25) is 0 Å². The Morgan fingerprint density at radius 1 is 1.12 bits per heavy atom. The first-order valence-corrected chi connectivity index (χ1v) is 7.20. The summed E-state index contributed by atoms with van der Waals surface area (Å²) in [6, 6.07) is 0. The molecular weight excluding hydrogens is 323 g/mol. The standard InChI is InChI=1S/C11H21IO4/c1-13-6-7-15-8-9-16-11(10-12)2-4-14-5-3-11/h2-10H2,1H3. The van der Waals surface area contributed by atoms with Crippen LogP contribution in [0.5, 0.6) is 0 Å². The lowest BCUT2D eigenvalue weighted by atomic mass is 9.97. The molecule has 4 nitrogen and oxygen atoms in total. The van der Waals surface area contributed by atoms with Gasteiger partial charge in [-0.05, 0) is 0 Å². The number of methoxy groups -OCH3 is 1. The summed E-state index contributed by atoms with van der Waals surface area (Å²) in [6.07, 6.45) is 1.99. The average molecular weight is 344 g/mol. The Hall–Kier alpha value is 0.570. The second-order valence-corrected chi connectivity index (χ2v) is 4.65. The van der Waals surface area contributed by atoms with Crippen LogP contribution in [0.2, 0.25) is 0 Å². The van der Waals surface area contributed by atoms with Gasteiger partial charge in [0.1, 0.15) is 0 Å². The predicted molar refractivity (Wildman–Crippen MR) is 70.3 cm³/mol. The highest BCUT2D eigenvalue weighted by Gasteiger charge is 2.32. The van der Waals surface area contributed by atoms with Crippen LogP contribution in [0.25, 0.3) is 0 Å². The zero-order chi connectivity index (χ0) is 11.7. The lowest BCUT2D eigenvalue weighted by Crippen LogP contribution is -2.41. The summed E-state index contributed by atoms with van der Waals surface area (Å²) in [5.41, 5.74) is 0.0173. The van der Waals surface area contributed by atoms with E-state index in [4.69, 9.17) is 18.9 Å². The molecule has 5 heteroatoms. The van der Waals surface area contributed by atoms with Crippen LogP contribution in [0.1, 0.15) is 12.8 Å². The molecule has 1 rings (SSSR count). The minimum absolute atomic E-state index is 0.0173. The van der Waals surface area contributed by atoms with Gasteiger partial charge in [-0.2, -0.15) is 0 Å². The van der Waals surface area contributed by atoms with Crippen molar-refractivity contribution in [3.63, 3.8) is 0 Å². The van der Waals surface area contributed by atoms with Crippen molar-refractivity contribution in [1.82, 2.24) is 0 Å². The van der Waals surface area contributed by atoms with E-state index >= 15 is 0 Å². The third-order valence-corrected chi connectivity index (χ3v) is 4.11. The van der Waals surface area contributed by atoms with Crippen molar-refractivity contribution < 1.29 is 18.9 Å². The normalized spacial score (nSPS) is 19.9. The monoisotopic (exact) mass is 344 g/mol. The maximum Gasteiger partial charge on any atom is 0.0816 e. The van der Waals surface area contributed by atoms with E-state index in [-0.39, 0.29) is 5.60 Å². The van der Waals surface area contributed by atoms with Gasteiger partial charge in [-0.15, -0.1) is 0 Å². The third kappa shape index (κ3) is 5.27. The van der Waals surface area contributed by atoms with Gasteiger partial charge in [0, 0.05) is 37.6 Å². The molecule has 96 valence electrons. The van der Waals surface area contributed by atoms with Crippen molar-refractivity contribution in [2.75, 3.05) is 51.2 Å². The van der Waals surface area contributed by atoms with E-state index < -0.39 is 0 Å². The van der Waals surface area contributed by atoms with Crippen LogP contribution in [0.3, 0.4) is 0 Å². The van der Waals surface area contributed by atoms with Gasteiger partial charge >= 0.3 is 0 Å². The quantitative estimate of drug-likeness (QED) is 0.381. The van der Waals surface area contributed by atoms with Crippen LogP contribution in [-0.4, -0.2) is 56.8 Å². The van der Waals surface area contributed by atoms with E-state index in [2.05, 4.69) is 22.6 Å². The number of hydrogen-bond donors (Lipinski definition) is 0. The minimum Gasteiger partial charge on any atom is -0.382 e. The lowest BCUT2D eigenvalue weighted by Gasteiger charge is -2.35. The Morgan fingerprint density at radius 3 is 2.44 bits per heavy atom. The van der Waals surface area contributed by atoms with Crippen molar-refractivity contribution >= 4 is 22.6 Å². The smallest absolute Gasteiger partial charge is 0.0816 e. The topological polar surface area (TPSA) is 36.9 Å². The van der Waals surface area contributed by atoms with Crippen molar-refractivity contribution in [3.05, 3.63) is 0 Å². The van der Waals surface area contributed by atoms with Gasteiger partial charge in [0.2, 0.25) is 0 Å². The first kappa shape index (κ1) is 14.6. The highest BCUT2D eigenvalue weighted by molar-refractivity contribution is 14.1. The van der Waals surface area contributed by atoms with E-state index in [9.17, 15) is 0 Å². The Labute approximate surface area is 111 Å². The average Bonchev–Trinajstić information content (AvgIpc) is 2.35. The summed E-state index contributed by atoms with van der Waals surface area (Å²) in [4.78, 5) is 0. The molecule has 1 aliphatic rings. The van der Waals surface area contributed by atoms with Crippen molar-refractivity contribution in [2.24, 2.45) is 0 Å². The van der Waals surface area contributed by atoms with E-state index in [0.29, 0.717) is 26.4 Å². The summed E-state index contributed by atoms with van der Waals surface area (Å²) in [7, 11) is 1.67. The number of hydrogen-bond acceptors (Lipinski definition) is 4. The summed E-state index contributed by atoms with van der Waals surface area (Å²) >= 11 is 2.39. The molecule has 0 atom stereocenters. The second kappa shape index (κ2) is 8.63. The fourth-order valence-corrected chi connectivity index (χ4v) is 2.60. The highest BCUT2D eigenvalue weighted by Crippen LogP contribution is 2.27. The van der Waals surface area contributed by atoms with Gasteiger partial charge in [0.05, 0.1) is 32.0 Å². The Morgan fingerprint density at radius 2 is 1.81 bits per heavy atom.